The van der Waals surface area contributed by atoms with Gasteiger partial charge in [0.15, 0.2) is 0 Å². The molecule has 1 unspecified atom stereocenters. The number of rotatable bonds is 6. The predicted molar refractivity (Wildman–Crippen MR) is 161 cm³/mol. The van der Waals surface area contributed by atoms with E-state index in [1.807, 2.05) is 18.3 Å². The molecule has 0 spiro atoms. The fourth-order valence-corrected chi connectivity index (χ4v) is 5.03. The zero-order valence-electron chi connectivity index (χ0n) is 21.7. The maximum absolute atomic E-state index is 5.13. The molecule has 6 rings (SSSR count). The van der Waals surface area contributed by atoms with E-state index in [1.54, 1.807) is 0 Å². The van der Waals surface area contributed by atoms with Crippen molar-refractivity contribution < 1.29 is 0 Å². The van der Waals surface area contributed by atoms with Crippen LogP contribution < -0.4 is 9.91 Å². The highest BCUT2D eigenvalue weighted by Gasteiger charge is 2.30. The van der Waals surface area contributed by atoms with Gasteiger partial charge in [0, 0.05) is 38.0 Å². The number of fused-ring (bicyclic) bond motifs is 1. The van der Waals surface area contributed by atoms with E-state index in [4.69, 9.17) is 10.1 Å². The van der Waals surface area contributed by atoms with Crippen molar-refractivity contribution in [1.82, 2.24) is 0 Å². The van der Waals surface area contributed by atoms with Crippen molar-refractivity contribution in [2.24, 2.45) is 10.1 Å². The molecule has 5 aromatic rings. The molecule has 1 aliphatic heterocycles. The third-order valence-corrected chi connectivity index (χ3v) is 7.08. The van der Waals surface area contributed by atoms with Gasteiger partial charge in [-0.3, -0.25) is 10.0 Å². The molecule has 186 valence electrons. The van der Waals surface area contributed by atoms with E-state index in [-0.39, 0.29) is 6.04 Å². The Kier molecular flexibility index (Phi) is 6.45. The summed E-state index contributed by atoms with van der Waals surface area (Å²) in [6, 6.07) is 42.5. The number of nitrogens with zero attached hydrogens (tertiary/aromatic N) is 4. The van der Waals surface area contributed by atoms with Crippen LogP contribution in [0.15, 0.2) is 131 Å². The lowest BCUT2D eigenvalue weighted by molar-refractivity contribution is 0.709. The Morgan fingerprint density at radius 1 is 0.789 bits per heavy atom. The fraction of sp³-hybridized carbons (Fsp3) is 0.118. The Morgan fingerprint density at radius 2 is 1.53 bits per heavy atom. The highest BCUT2D eigenvalue weighted by molar-refractivity contribution is 6.04. The summed E-state index contributed by atoms with van der Waals surface area (Å²) in [6.45, 7) is 0. The van der Waals surface area contributed by atoms with Gasteiger partial charge < -0.3 is 4.90 Å². The molecule has 0 aromatic heterocycles. The molecule has 0 amide bonds. The summed E-state index contributed by atoms with van der Waals surface area (Å²) in [5.41, 5.74) is 7.74. The molecule has 38 heavy (non-hydrogen) atoms. The topological polar surface area (TPSA) is 31.2 Å². The van der Waals surface area contributed by atoms with Crippen LogP contribution in [0.3, 0.4) is 0 Å². The Bertz CT molecular complexity index is 1610. The number of benzene rings is 5. The molecule has 0 saturated heterocycles. The minimum absolute atomic E-state index is 0.131. The van der Waals surface area contributed by atoms with Crippen molar-refractivity contribution in [3.8, 4) is 0 Å². The Hall–Kier alpha value is -4.70. The lowest BCUT2D eigenvalue weighted by atomic mass is 9.97. The van der Waals surface area contributed by atoms with Gasteiger partial charge in [-0.1, -0.05) is 84.9 Å². The molecule has 0 N–H and O–H groups in total. The van der Waals surface area contributed by atoms with Gasteiger partial charge in [-0.25, -0.2) is 0 Å². The van der Waals surface area contributed by atoms with Crippen LogP contribution in [0.25, 0.3) is 10.8 Å². The van der Waals surface area contributed by atoms with Gasteiger partial charge in [-0.15, -0.1) is 0 Å². The lowest BCUT2D eigenvalue weighted by Crippen LogP contribution is -2.18. The smallest absolute Gasteiger partial charge is 0.0831 e. The van der Waals surface area contributed by atoms with Gasteiger partial charge >= 0.3 is 0 Å². The molecule has 4 nitrogen and oxygen atoms in total. The number of anilines is 2. The molecule has 4 heteroatoms. The van der Waals surface area contributed by atoms with E-state index in [1.165, 1.54) is 22.0 Å². The van der Waals surface area contributed by atoms with Crippen molar-refractivity contribution in [2.75, 3.05) is 24.0 Å². The maximum atomic E-state index is 5.13. The van der Waals surface area contributed by atoms with Crippen LogP contribution in [0, 0.1) is 0 Å². The monoisotopic (exact) mass is 494 g/mol. The molecular weight excluding hydrogens is 464 g/mol. The molecule has 1 heterocycles. The van der Waals surface area contributed by atoms with E-state index in [2.05, 4.69) is 133 Å². The van der Waals surface area contributed by atoms with E-state index >= 15 is 0 Å². The summed E-state index contributed by atoms with van der Waals surface area (Å²) in [4.78, 5) is 6.97. The van der Waals surface area contributed by atoms with Gasteiger partial charge in [0.25, 0.3) is 0 Å². The van der Waals surface area contributed by atoms with Crippen molar-refractivity contribution in [3.05, 3.63) is 138 Å². The molecule has 0 bridgehead atoms. The number of para-hydroxylation sites is 1. The number of hydrogen-bond donors (Lipinski definition) is 0. The minimum atomic E-state index is 0.131. The van der Waals surface area contributed by atoms with Gasteiger partial charge in [0.2, 0.25) is 0 Å². The molecule has 1 aliphatic rings. The number of hydrazone groups is 1. The van der Waals surface area contributed by atoms with Crippen LogP contribution in [0.1, 0.15) is 29.2 Å². The number of aliphatic imine (C=N–C) groups is 1. The third kappa shape index (κ3) is 4.81. The lowest BCUT2D eigenvalue weighted by Gasteiger charge is -2.24. The Balaban J connectivity index is 1.31. The van der Waals surface area contributed by atoms with Crippen LogP contribution in [-0.2, 0) is 0 Å². The average molecular weight is 495 g/mol. The van der Waals surface area contributed by atoms with E-state index in [0.717, 1.165) is 34.6 Å². The minimum Gasteiger partial charge on any atom is -0.378 e. The summed E-state index contributed by atoms with van der Waals surface area (Å²) in [5, 5.41) is 9.71. The summed E-state index contributed by atoms with van der Waals surface area (Å²) in [7, 11) is 4.13. The van der Waals surface area contributed by atoms with Crippen LogP contribution in [-0.4, -0.2) is 26.0 Å². The van der Waals surface area contributed by atoms with Crippen LogP contribution >= 0.6 is 0 Å². The zero-order chi connectivity index (χ0) is 25.9. The van der Waals surface area contributed by atoms with Gasteiger partial charge in [0.05, 0.1) is 23.1 Å². The SMILES string of the molecule is CN(C)c1ccc(C2CC(c3cccc(N=Cc4cccc5ccccc45)c3)=NN2c2ccccc2)cc1. The second-order valence-corrected chi connectivity index (χ2v) is 9.81. The normalized spacial score (nSPS) is 15.3. The van der Waals surface area contributed by atoms with Crippen LogP contribution in [0.2, 0.25) is 0 Å². The summed E-state index contributed by atoms with van der Waals surface area (Å²) in [5.74, 6) is 0. The molecule has 1 atom stereocenters. The molecule has 0 saturated carbocycles. The van der Waals surface area contributed by atoms with Crippen molar-refractivity contribution in [3.63, 3.8) is 0 Å². The predicted octanol–water partition coefficient (Wildman–Crippen LogP) is 8.01. The first kappa shape index (κ1) is 23.7. The standard InChI is InChI=1S/C34H30N4/c1-37(2)30-20-18-26(19-21-30)34-23-33(36-38(34)31-15-4-3-5-16-31)27-12-9-14-29(22-27)35-24-28-13-8-11-25-10-6-7-17-32(25)28/h3-22,24,34H,23H2,1-2H3. The van der Waals surface area contributed by atoms with Crippen molar-refractivity contribution >= 4 is 39.8 Å². The molecule has 0 aliphatic carbocycles. The highest BCUT2D eigenvalue weighted by Crippen LogP contribution is 2.37. The van der Waals surface area contributed by atoms with Crippen LogP contribution in [0.4, 0.5) is 17.1 Å². The first-order valence-corrected chi connectivity index (χ1v) is 13.0. The summed E-state index contributed by atoms with van der Waals surface area (Å²) < 4.78 is 0. The third-order valence-electron chi connectivity index (χ3n) is 7.08. The van der Waals surface area contributed by atoms with E-state index in [9.17, 15) is 0 Å². The maximum Gasteiger partial charge on any atom is 0.0831 e. The van der Waals surface area contributed by atoms with Gasteiger partial charge in [-0.05, 0) is 58.3 Å². The first-order valence-electron chi connectivity index (χ1n) is 13.0. The first-order chi connectivity index (χ1) is 18.7. The second kappa shape index (κ2) is 10.3. The molecular formula is C34H30N4. The Labute approximate surface area is 224 Å². The fourth-order valence-electron chi connectivity index (χ4n) is 5.03. The van der Waals surface area contributed by atoms with Crippen LogP contribution in [0.5, 0.6) is 0 Å². The van der Waals surface area contributed by atoms with Crippen molar-refractivity contribution in [2.45, 2.75) is 12.5 Å². The summed E-state index contributed by atoms with van der Waals surface area (Å²) in [6.07, 6.45) is 2.79. The van der Waals surface area contributed by atoms with Crippen molar-refractivity contribution in [1.29, 1.82) is 0 Å². The summed E-state index contributed by atoms with van der Waals surface area (Å²) >= 11 is 0. The average Bonchev–Trinajstić information content (AvgIpc) is 3.42. The molecule has 5 aromatic carbocycles. The zero-order valence-corrected chi connectivity index (χ0v) is 21.7. The highest BCUT2D eigenvalue weighted by atomic mass is 15.5. The quantitative estimate of drug-likeness (QED) is 0.224. The Morgan fingerprint density at radius 3 is 2.34 bits per heavy atom. The van der Waals surface area contributed by atoms with Gasteiger partial charge in [-0.2, -0.15) is 5.10 Å². The number of hydrogen-bond acceptors (Lipinski definition) is 4. The molecule has 0 radical (unpaired) electrons. The molecule has 0 fully saturated rings. The second-order valence-electron chi connectivity index (χ2n) is 9.81. The largest absolute Gasteiger partial charge is 0.378 e. The van der Waals surface area contributed by atoms with Gasteiger partial charge in [0.1, 0.15) is 0 Å². The van der Waals surface area contributed by atoms with E-state index in [0.29, 0.717) is 0 Å². The van der Waals surface area contributed by atoms with E-state index < -0.39 is 0 Å².